The number of sulfone groups is 1. The van der Waals surface area contributed by atoms with Crippen LogP contribution in [0.4, 0.5) is 8.78 Å². The summed E-state index contributed by atoms with van der Waals surface area (Å²) in [6.45, 7) is -1.58. The van der Waals surface area contributed by atoms with Gasteiger partial charge in [0.25, 0.3) is 0 Å². The molecule has 0 saturated carbocycles. The van der Waals surface area contributed by atoms with Crippen molar-refractivity contribution in [1.82, 2.24) is 9.55 Å². The van der Waals surface area contributed by atoms with Crippen molar-refractivity contribution in [3.8, 4) is 5.75 Å². The Morgan fingerprint density at radius 2 is 2.09 bits per heavy atom. The minimum absolute atomic E-state index is 0.00554. The number of halogens is 3. The van der Waals surface area contributed by atoms with Gasteiger partial charge < -0.3 is 14.0 Å². The minimum Gasteiger partial charge on any atom is -0.465 e. The first-order valence-corrected chi connectivity index (χ1v) is 11.8. The Kier molecular flexibility index (Phi) is 4.90. The number of carbonyl (C=O) groups is 1. The van der Waals surface area contributed by atoms with Gasteiger partial charge in [-0.05, 0) is 43.7 Å². The normalized spacial score (nSPS) is 23.0. The molecular weight excluding hydrogens is 466 g/mol. The van der Waals surface area contributed by atoms with E-state index in [1.165, 1.54) is 18.2 Å². The largest absolute Gasteiger partial charge is 0.465 e. The lowest BCUT2D eigenvalue weighted by molar-refractivity contribution is -0.143. The van der Waals surface area contributed by atoms with Gasteiger partial charge in [-0.3, -0.25) is 4.79 Å². The van der Waals surface area contributed by atoms with Gasteiger partial charge in [0.1, 0.15) is 11.6 Å². The van der Waals surface area contributed by atoms with Crippen LogP contribution >= 0.6 is 11.6 Å². The van der Waals surface area contributed by atoms with Crippen molar-refractivity contribution in [3.05, 3.63) is 52.8 Å². The van der Waals surface area contributed by atoms with Gasteiger partial charge >= 0.3 is 12.6 Å². The highest BCUT2D eigenvalue weighted by Gasteiger charge is 2.54. The van der Waals surface area contributed by atoms with Gasteiger partial charge in [0.2, 0.25) is 0 Å². The van der Waals surface area contributed by atoms with Gasteiger partial charge in [-0.1, -0.05) is 17.7 Å². The van der Waals surface area contributed by atoms with Crippen LogP contribution in [0.15, 0.2) is 41.3 Å². The van der Waals surface area contributed by atoms with Crippen LogP contribution in [0.2, 0.25) is 5.02 Å². The van der Waals surface area contributed by atoms with E-state index in [-0.39, 0.29) is 29.2 Å². The van der Waals surface area contributed by atoms with E-state index in [9.17, 15) is 22.0 Å². The van der Waals surface area contributed by atoms with Gasteiger partial charge in [-0.2, -0.15) is 8.78 Å². The zero-order valence-corrected chi connectivity index (χ0v) is 18.2. The van der Waals surface area contributed by atoms with Crippen molar-refractivity contribution in [1.29, 1.82) is 0 Å². The summed E-state index contributed by atoms with van der Waals surface area (Å²) in [5, 5.41) is -1.13. The fraction of sp³-hybridized carbons (Fsp3) is 0.333. The van der Waals surface area contributed by atoms with E-state index < -0.39 is 39.6 Å². The van der Waals surface area contributed by atoms with Crippen molar-refractivity contribution in [2.75, 3.05) is 6.61 Å². The first-order valence-electron chi connectivity index (χ1n) is 9.89. The fourth-order valence-corrected chi connectivity index (χ4v) is 7.04. The Balaban J connectivity index is 1.86. The third-order valence-electron chi connectivity index (χ3n) is 5.90. The number of imidazole rings is 1. The molecule has 0 saturated heterocycles. The lowest BCUT2D eigenvalue weighted by Crippen LogP contribution is -2.37. The van der Waals surface area contributed by atoms with Crippen LogP contribution in [0.25, 0.3) is 11.0 Å². The van der Waals surface area contributed by atoms with Gasteiger partial charge in [-0.25, -0.2) is 13.4 Å². The Morgan fingerprint density at radius 1 is 1.31 bits per heavy atom. The average molecular weight is 483 g/mol. The van der Waals surface area contributed by atoms with Crippen LogP contribution in [0.3, 0.4) is 0 Å². The molecular formula is C21H17ClF2N2O5S. The minimum atomic E-state index is -4.30. The molecule has 1 unspecified atom stereocenters. The summed E-state index contributed by atoms with van der Waals surface area (Å²) in [5.74, 6) is -1.62. The summed E-state index contributed by atoms with van der Waals surface area (Å²) in [5.41, 5.74) is 1.23. The Hall–Kier alpha value is -2.72. The first kappa shape index (κ1) is 21.1. The lowest BCUT2D eigenvalue weighted by Gasteiger charge is -2.24. The highest BCUT2D eigenvalue weighted by molar-refractivity contribution is 7.93. The summed E-state index contributed by atoms with van der Waals surface area (Å²) in [4.78, 5) is 17.3. The molecule has 2 aromatic carbocycles. The van der Waals surface area contributed by atoms with Crippen molar-refractivity contribution >= 4 is 38.4 Å². The van der Waals surface area contributed by atoms with E-state index in [0.29, 0.717) is 21.9 Å². The number of carbonyl (C=O) groups excluding carboxylic acids is 1. The number of ether oxygens (including phenoxy) is 2. The number of hydrogen-bond donors (Lipinski definition) is 0. The second-order valence-corrected chi connectivity index (χ2v) is 10.1. The smallest absolute Gasteiger partial charge is 0.387 e. The molecule has 3 aromatic rings. The van der Waals surface area contributed by atoms with Crippen LogP contribution in [-0.2, 0) is 19.4 Å². The topological polar surface area (TPSA) is 87.5 Å². The van der Waals surface area contributed by atoms with Crippen molar-refractivity contribution in [3.63, 3.8) is 0 Å². The third-order valence-corrected chi connectivity index (χ3v) is 8.29. The molecule has 0 N–H and O–H groups in total. The summed E-state index contributed by atoms with van der Waals surface area (Å²) in [7, 11) is -4.30. The molecule has 3 atom stereocenters. The van der Waals surface area contributed by atoms with Crippen molar-refractivity contribution in [2.45, 2.75) is 42.1 Å². The molecule has 2 bridgehead atoms. The summed E-state index contributed by atoms with van der Waals surface area (Å²) in [6, 6.07) is 8.23. The lowest BCUT2D eigenvalue weighted by atomic mass is 9.95. The van der Waals surface area contributed by atoms with E-state index in [4.69, 9.17) is 21.1 Å². The SMILES string of the molecule is CCOC(=O)[C@H]1[C@@H]2CC(c3c(OC(F)F)cccc3S1(=O)=O)n1c2nc2ccc(Cl)cc21. The number of benzene rings is 2. The zero-order valence-electron chi connectivity index (χ0n) is 16.7. The standard InChI is InChI=1S/C21H17ClF2N2O5S/c1-2-30-20(27)18-11-9-14(26-13-8-10(22)6-7-12(13)25-19(11)26)17-15(31-21(23)24)4-3-5-16(17)32(18,28)29/h3-8,11,14,18,21H,2,9H2,1H3/t11-,14?,18+/m0/s1. The van der Waals surface area contributed by atoms with E-state index in [1.54, 1.807) is 29.7 Å². The summed E-state index contributed by atoms with van der Waals surface area (Å²) >= 11 is 6.18. The van der Waals surface area contributed by atoms with Crippen LogP contribution in [0, 0.1) is 0 Å². The number of aromatic nitrogens is 2. The molecule has 168 valence electrons. The maximum absolute atomic E-state index is 13.6. The first-order chi connectivity index (χ1) is 15.2. The second-order valence-electron chi connectivity index (χ2n) is 7.60. The molecule has 0 amide bonds. The summed E-state index contributed by atoms with van der Waals surface area (Å²) in [6.07, 6.45) is 0.157. The second kappa shape index (κ2) is 7.41. The zero-order chi connectivity index (χ0) is 22.8. The molecule has 2 aliphatic heterocycles. The van der Waals surface area contributed by atoms with Gasteiger partial charge in [-0.15, -0.1) is 0 Å². The maximum Gasteiger partial charge on any atom is 0.387 e. The molecule has 3 heterocycles. The third kappa shape index (κ3) is 3.00. The Bertz CT molecular complexity index is 1360. The van der Waals surface area contributed by atoms with E-state index in [1.807, 2.05) is 0 Å². The van der Waals surface area contributed by atoms with Gasteiger partial charge in [0.05, 0.1) is 28.6 Å². The van der Waals surface area contributed by atoms with Crippen LogP contribution in [0.1, 0.15) is 36.7 Å². The van der Waals surface area contributed by atoms with Crippen LogP contribution in [0.5, 0.6) is 5.75 Å². The average Bonchev–Trinajstić information content (AvgIpc) is 3.22. The maximum atomic E-state index is 13.6. The number of alkyl halides is 2. The Morgan fingerprint density at radius 3 is 2.81 bits per heavy atom. The van der Waals surface area contributed by atoms with E-state index in [0.717, 1.165) is 0 Å². The Labute approximate surface area is 186 Å². The molecule has 5 rings (SSSR count). The monoisotopic (exact) mass is 482 g/mol. The molecule has 0 radical (unpaired) electrons. The molecule has 32 heavy (non-hydrogen) atoms. The number of fused-ring (bicyclic) bond motifs is 9. The van der Waals surface area contributed by atoms with Crippen molar-refractivity contribution < 1.29 is 31.5 Å². The van der Waals surface area contributed by atoms with Gasteiger partial charge in [0, 0.05) is 16.5 Å². The number of rotatable bonds is 4. The highest BCUT2D eigenvalue weighted by atomic mass is 35.5. The number of nitrogens with zero attached hydrogens (tertiary/aromatic N) is 2. The van der Waals surface area contributed by atoms with Gasteiger partial charge in [0.15, 0.2) is 15.1 Å². The van der Waals surface area contributed by atoms with E-state index >= 15 is 0 Å². The molecule has 2 aliphatic rings. The highest BCUT2D eigenvalue weighted by Crippen LogP contribution is 2.53. The predicted molar refractivity (Wildman–Crippen MR) is 111 cm³/mol. The number of hydrogen-bond acceptors (Lipinski definition) is 6. The molecule has 11 heteroatoms. The number of esters is 1. The molecule has 0 spiro atoms. The quantitative estimate of drug-likeness (QED) is 0.521. The van der Waals surface area contributed by atoms with E-state index in [2.05, 4.69) is 4.98 Å². The molecule has 0 fully saturated rings. The predicted octanol–water partition coefficient (Wildman–Crippen LogP) is 4.09. The molecule has 7 nitrogen and oxygen atoms in total. The van der Waals surface area contributed by atoms with Crippen molar-refractivity contribution in [2.24, 2.45) is 0 Å². The summed E-state index contributed by atoms with van der Waals surface area (Å²) < 4.78 is 65.3. The van der Waals surface area contributed by atoms with Crippen LogP contribution in [-0.4, -0.2) is 42.4 Å². The van der Waals surface area contributed by atoms with Crippen LogP contribution < -0.4 is 4.74 Å². The molecule has 0 aliphatic carbocycles. The molecule has 1 aromatic heterocycles. The fourth-order valence-electron chi connectivity index (χ4n) is 4.80.